The van der Waals surface area contributed by atoms with Crippen molar-refractivity contribution in [3.05, 3.63) is 0 Å². The van der Waals surface area contributed by atoms with Gasteiger partial charge in [-0.3, -0.25) is 4.79 Å². The average Bonchev–Trinajstić information content (AvgIpc) is 2.35. The molecule has 3 nitrogen and oxygen atoms in total. The maximum absolute atomic E-state index is 10.6. The van der Waals surface area contributed by atoms with E-state index in [1.54, 1.807) is 7.11 Å². The summed E-state index contributed by atoms with van der Waals surface area (Å²) in [6.45, 7) is 4.49. The zero-order valence-corrected chi connectivity index (χ0v) is 7.13. The molecule has 0 aliphatic heterocycles. The highest BCUT2D eigenvalue weighted by molar-refractivity contribution is 5.75. The number of hydrogen-bond acceptors (Lipinski definition) is 2. The fourth-order valence-corrected chi connectivity index (χ4v) is 1.73. The summed E-state index contributed by atoms with van der Waals surface area (Å²) in [5.41, 5.74) is -0.0676. The topological polar surface area (TPSA) is 46.5 Å². The van der Waals surface area contributed by atoms with Crippen LogP contribution in [0.4, 0.5) is 0 Å². The Labute approximate surface area is 66.4 Å². The van der Waals surface area contributed by atoms with Gasteiger partial charge in [-0.05, 0) is 5.41 Å². The van der Waals surface area contributed by atoms with Crippen LogP contribution < -0.4 is 0 Å². The molecule has 3 heteroatoms. The van der Waals surface area contributed by atoms with E-state index in [1.807, 2.05) is 13.8 Å². The van der Waals surface area contributed by atoms with Crippen molar-refractivity contribution in [2.45, 2.75) is 13.8 Å². The standard InChI is InChI=1S/C8H14O3/c1-8(2)5(4-11-3)6(8)7(9)10/h5-6H,4H2,1-3H3,(H,9,10)/t5-,6-/m0/s1. The Morgan fingerprint density at radius 2 is 2.18 bits per heavy atom. The number of rotatable bonds is 3. The van der Waals surface area contributed by atoms with Gasteiger partial charge in [0.15, 0.2) is 0 Å². The van der Waals surface area contributed by atoms with Gasteiger partial charge < -0.3 is 9.84 Å². The van der Waals surface area contributed by atoms with Gasteiger partial charge in [0.25, 0.3) is 0 Å². The van der Waals surface area contributed by atoms with E-state index < -0.39 is 5.97 Å². The van der Waals surface area contributed by atoms with Crippen LogP contribution in [0.25, 0.3) is 0 Å². The molecule has 1 rings (SSSR count). The molecule has 64 valence electrons. The molecule has 0 amide bonds. The number of hydrogen-bond donors (Lipinski definition) is 1. The third kappa shape index (κ3) is 1.25. The van der Waals surface area contributed by atoms with Crippen molar-refractivity contribution in [2.75, 3.05) is 13.7 Å². The summed E-state index contributed by atoms with van der Waals surface area (Å²) < 4.78 is 4.92. The van der Waals surface area contributed by atoms with E-state index in [9.17, 15) is 4.79 Å². The molecule has 0 unspecified atom stereocenters. The van der Waals surface area contributed by atoms with Gasteiger partial charge in [-0.15, -0.1) is 0 Å². The Kier molecular flexibility index (Phi) is 1.92. The largest absolute Gasteiger partial charge is 0.481 e. The number of carboxylic acid groups (broad SMARTS) is 1. The Morgan fingerprint density at radius 3 is 2.45 bits per heavy atom. The van der Waals surface area contributed by atoms with Crippen molar-refractivity contribution in [3.63, 3.8) is 0 Å². The predicted molar refractivity (Wildman–Crippen MR) is 40.3 cm³/mol. The van der Waals surface area contributed by atoms with Crippen LogP contribution in [0.5, 0.6) is 0 Å². The highest BCUT2D eigenvalue weighted by Crippen LogP contribution is 2.58. The van der Waals surface area contributed by atoms with Crippen LogP contribution in [0.1, 0.15) is 13.8 Å². The molecule has 0 heterocycles. The van der Waals surface area contributed by atoms with E-state index in [-0.39, 0.29) is 17.3 Å². The summed E-state index contributed by atoms with van der Waals surface area (Å²) in [5.74, 6) is -0.704. The lowest BCUT2D eigenvalue weighted by Crippen LogP contribution is -2.03. The first kappa shape index (κ1) is 8.53. The molecule has 0 radical (unpaired) electrons. The minimum absolute atomic E-state index is 0.0676. The van der Waals surface area contributed by atoms with Gasteiger partial charge in [0, 0.05) is 13.0 Å². The smallest absolute Gasteiger partial charge is 0.307 e. The Balaban J connectivity index is 2.53. The van der Waals surface area contributed by atoms with Crippen LogP contribution in [-0.2, 0) is 9.53 Å². The molecular weight excluding hydrogens is 144 g/mol. The quantitative estimate of drug-likeness (QED) is 0.666. The lowest BCUT2D eigenvalue weighted by Gasteiger charge is -1.98. The Hall–Kier alpha value is -0.570. The molecule has 0 spiro atoms. The lowest BCUT2D eigenvalue weighted by atomic mass is 10.1. The molecule has 0 aromatic rings. The van der Waals surface area contributed by atoms with Crippen molar-refractivity contribution in [1.82, 2.24) is 0 Å². The zero-order chi connectivity index (χ0) is 8.65. The summed E-state index contributed by atoms with van der Waals surface area (Å²) in [4.78, 5) is 10.6. The second-order valence-corrected chi connectivity index (χ2v) is 3.70. The molecule has 1 N–H and O–H groups in total. The van der Waals surface area contributed by atoms with Gasteiger partial charge in [0.05, 0.1) is 12.5 Å². The molecule has 11 heavy (non-hydrogen) atoms. The molecule has 1 aliphatic carbocycles. The van der Waals surface area contributed by atoms with Crippen LogP contribution >= 0.6 is 0 Å². The van der Waals surface area contributed by atoms with Gasteiger partial charge in [0.2, 0.25) is 0 Å². The molecule has 2 atom stereocenters. The fourth-order valence-electron chi connectivity index (χ4n) is 1.73. The minimum Gasteiger partial charge on any atom is -0.481 e. The number of methoxy groups -OCH3 is 1. The van der Waals surface area contributed by atoms with E-state index in [2.05, 4.69) is 0 Å². The fraction of sp³-hybridized carbons (Fsp3) is 0.875. The summed E-state index contributed by atoms with van der Waals surface area (Å²) in [6, 6.07) is 0. The van der Waals surface area contributed by atoms with Crippen LogP contribution in [0.15, 0.2) is 0 Å². The predicted octanol–water partition coefficient (Wildman–Crippen LogP) is 0.990. The molecule has 0 aromatic carbocycles. The average molecular weight is 158 g/mol. The summed E-state index contributed by atoms with van der Waals surface area (Å²) in [6.07, 6.45) is 0. The van der Waals surface area contributed by atoms with Crippen LogP contribution in [0.3, 0.4) is 0 Å². The first-order valence-corrected chi connectivity index (χ1v) is 3.73. The van der Waals surface area contributed by atoms with Crippen molar-refractivity contribution >= 4 is 5.97 Å². The Bertz CT molecular complexity index is 174. The highest BCUT2D eigenvalue weighted by Gasteiger charge is 2.61. The molecule has 1 saturated carbocycles. The monoisotopic (exact) mass is 158 g/mol. The molecule has 1 aliphatic rings. The molecule has 0 aromatic heterocycles. The van der Waals surface area contributed by atoms with E-state index in [1.165, 1.54) is 0 Å². The first-order valence-electron chi connectivity index (χ1n) is 3.73. The van der Waals surface area contributed by atoms with Gasteiger partial charge in [0.1, 0.15) is 0 Å². The Morgan fingerprint density at radius 1 is 1.64 bits per heavy atom. The second kappa shape index (κ2) is 2.48. The number of carboxylic acids is 1. The maximum Gasteiger partial charge on any atom is 0.307 e. The van der Waals surface area contributed by atoms with E-state index in [0.717, 1.165) is 0 Å². The highest BCUT2D eigenvalue weighted by atomic mass is 16.5. The van der Waals surface area contributed by atoms with Crippen molar-refractivity contribution in [1.29, 1.82) is 0 Å². The van der Waals surface area contributed by atoms with Gasteiger partial charge >= 0.3 is 5.97 Å². The van der Waals surface area contributed by atoms with Crippen molar-refractivity contribution in [2.24, 2.45) is 17.3 Å². The maximum atomic E-state index is 10.6. The first-order chi connectivity index (χ1) is 5.01. The summed E-state index contributed by atoms with van der Waals surface area (Å²) in [5, 5.41) is 8.73. The van der Waals surface area contributed by atoms with E-state index >= 15 is 0 Å². The number of ether oxygens (including phenoxy) is 1. The molecule has 1 fully saturated rings. The summed E-state index contributed by atoms with van der Waals surface area (Å²) in [7, 11) is 1.60. The van der Waals surface area contributed by atoms with Gasteiger partial charge in [-0.2, -0.15) is 0 Å². The molecular formula is C8H14O3. The van der Waals surface area contributed by atoms with E-state index in [4.69, 9.17) is 9.84 Å². The van der Waals surface area contributed by atoms with Crippen LogP contribution in [-0.4, -0.2) is 24.8 Å². The molecule has 0 bridgehead atoms. The minimum atomic E-state index is -0.697. The van der Waals surface area contributed by atoms with Gasteiger partial charge in [-0.25, -0.2) is 0 Å². The zero-order valence-electron chi connectivity index (χ0n) is 7.13. The molecule has 0 saturated heterocycles. The third-order valence-corrected chi connectivity index (χ3v) is 2.66. The summed E-state index contributed by atoms with van der Waals surface area (Å²) >= 11 is 0. The van der Waals surface area contributed by atoms with Crippen LogP contribution in [0, 0.1) is 17.3 Å². The number of carbonyl (C=O) groups is 1. The van der Waals surface area contributed by atoms with E-state index in [0.29, 0.717) is 6.61 Å². The van der Waals surface area contributed by atoms with Crippen molar-refractivity contribution < 1.29 is 14.6 Å². The normalized spacial score (nSPS) is 33.4. The lowest BCUT2D eigenvalue weighted by molar-refractivity contribution is -0.139. The number of aliphatic carboxylic acids is 1. The van der Waals surface area contributed by atoms with Crippen molar-refractivity contribution in [3.8, 4) is 0 Å². The van der Waals surface area contributed by atoms with Gasteiger partial charge in [-0.1, -0.05) is 13.8 Å². The van der Waals surface area contributed by atoms with Crippen LogP contribution in [0.2, 0.25) is 0 Å². The SMILES string of the molecule is COC[C@H]1[C@@H](C(=O)O)C1(C)C. The second-order valence-electron chi connectivity index (χ2n) is 3.70. The third-order valence-electron chi connectivity index (χ3n) is 2.66.